The van der Waals surface area contributed by atoms with Gasteiger partial charge >= 0.3 is 0 Å². The first-order valence-electron chi connectivity index (χ1n) is 8.75. The van der Waals surface area contributed by atoms with Gasteiger partial charge in [-0.3, -0.25) is 14.4 Å². The first-order valence-corrected chi connectivity index (χ1v) is 10.2. The zero-order valence-electron chi connectivity index (χ0n) is 14.7. The van der Waals surface area contributed by atoms with Gasteiger partial charge in [0.25, 0.3) is 11.7 Å². The van der Waals surface area contributed by atoms with Crippen molar-refractivity contribution in [3.8, 4) is 0 Å². The molecule has 1 fully saturated rings. The minimum Gasteiger partial charge on any atom is -0.325 e. The molecule has 1 atom stereocenters. The van der Waals surface area contributed by atoms with Gasteiger partial charge in [0.15, 0.2) is 0 Å². The second kappa shape index (κ2) is 6.84. The standard InChI is InChI=1S/C19H17N3O5S/c23-17-14-11-13(8-9-15(14)21-19(17)25)28(26,27)22-10-4-7-16(22)18(24)20-12-5-2-1-3-6-12/h1-3,5-6,8-9,11,16H,4,7,10H2,(H,20,24)(H,21,23,25)/t16-/m0/s1. The van der Waals surface area contributed by atoms with Gasteiger partial charge in [0.05, 0.1) is 16.1 Å². The number of hydrogen-bond acceptors (Lipinski definition) is 5. The third-order valence-electron chi connectivity index (χ3n) is 4.84. The Morgan fingerprint density at radius 2 is 1.86 bits per heavy atom. The summed E-state index contributed by atoms with van der Waals surface area (Å²) in [5.41, 5.74) is 0.897. The van der Waals surface area contributed by atoms with E-state index in [4.69, 9.17) is 0 Å². The molecule has 2 amide bonds. The minimum atomic E-state index is -4.01. The first kappa shape index (κ1) is 18.3. The summed E-state index contributed by atoms with van der Waals surface area (Å²) in [5.74, 6) is -1.96. The monoisotopic (exact) mass is 399 g/mol. The van der Waals surface area contributed by atoms with E-state index in [0.717, 1.165) is 4.31 Å². The van der Waals surface area contributed by atoms with Crippen LogP contribution in [0.1, 0.15) is 23.2 Å². The van der Waals surface area contributed by atoms with E-state index >= 15 is 0 Å². The number of sulfonamides is 1. The van der Waals surface area contributed by atoms with Crippen LogP contribution in [0.25, 0.3) is 0 Å². The highest BCUT2D eigenvalue weighted by Crippen LogP contribution is 2.31. The Hall–Kier alpha value is -3.04. The van der Waals surface area contributed by atoms with Crippen molar-refractivity contribution in [3.63, 3.8) is 0 Å². The largest absolute Gasteiger partial charge is 0.325 e. The lowest BCUT2D eigenvalue weighted by atomic mass is 10.1. The quantitative estimate of drug-likeness (QED) is 0.759. The fraction of sp³-hybridized carbons (Fsp3) is 0.211. The summed E-state index contributed by atoms with van der Waals surface area (Å²) in [6, 6.07) is 11.9. The molecule has 0 spiro atoms. The third kappa shape index (κ3) is 3.08. The average Bonchev–Trinajstić information content (AvgIpc) is 3.28. The van der Waals surface area contributed by atoms with Crippen molar-refractivity contribution in [3.05, 3.63) is 54.1 Å². The van der Waals surface area contributed by atoms with E-state index in [-0.39, 0.29) is 22.7 Å². The second-order valence-electron chi connectivity index (χ2n) is 6.62. The molecular weight excluding hydrogens is 382 g/mol. The molecule has 144 valence electrons. The molecule has 2 heterocycles. The van der Waals surface area contributed by atoms with Gasteiger partial charge in [-0.2, -0.15) is 4.31 Å². The van der Waals surface area contributed by atoms with Crippen LogP contribution in [0, 0.1) is 0 Å². The maximum absolute atomic E-state index is 13.1. The predicted octanol–water partition coefficient (Wildman–Crippen LogP) is 1.61. The van der Waals surface area contributed by atoms with Gasteiger partial charge in [-0.15, -0.1) is 0 Å². The van der Waals surface area contributed by atoms with E-state index in [1.807, 2.05) is 6.07 Å². The Kier molecular flexibility index (Phi) is 4.48. The highest BCUT2D eigenvalue weighted by molar-refractivity contribution is 7.89. The summed E-state index contributed by atoms with van der Waals surface area (Å²) < 4.78 is 27.4. The number of anilines is 2. The summed E-state index contributed by atoms with van der Waals surface area (Å²) in [5, 5.41) is 5.13. The number of Topliss-reactive ketones (excluding diaryl/α,β-unsaturated/α-hetero) is 1. The number of nitrogens with one attached hydrogen (secondary N) is 2. The van der Waals surface area contributed by atoms with E-state index in [0.29, 0.717) is 18.5 Å². The minimum absolute atomic E-state index is 0.0237. The van der Waals surface area contributed by atoms with Crippen molar-refractivity contribution < 1.29 is 22.8 Å². The molecule has 0 bridgehead atoms. The molecule has 0 saturated carbocycles. The number of para-hydroxylation sites is 1. The van der Waals surface area contributed by atoms with Gasteiger partial charge in [0, 0.05) is 12.2 Å². The van der Waals surface area contributed by atoms with E-state index in [1.165, 1.54) is 18.2 Å². The van der Waals surface area contributed by atoms with Crippen LogP contribution in [0.5, 0.6) is 0 Å². The van der Waals surface area contributed by atoms with Crippen molar-refractivity contribution in [2.24, 2.45) is 0 Å². The van der Waals surface area contributed by atoms with Crippen LogP contribution in [0.15, 0.2) is 53.4 Å². The van der Waals surface area contributed by atoms with Crippen LogP contribution < -0.4 is 10.6 Å². The summed E-state index contributed by atoms with van der Waals surface area (Å²) in [7, 11) is -4.01. The molecule has 0 aromatic heterocycles. The van der Waals surface area contributed by atoms with Crippen LogP contribution in [0.3, 0.4) is 0 Å². The maximum Gasteiger partial charge on any atom is 0.296 e. The van der Waals surface area contributed by atoms with Gasteiger partial charge < -0.3 is 10.6 Å². The van der Waals surface area contributed by atoms with Gasteiger partial charge in [0.2, 0.25) is 15.9 Å². The Balaban J connectivity index is 1.61. The topological polar surface area (TPSA) is 113 Å². The zero-order chi connectivity index (χ0) is 19.9. The normalized spacial score (nSPS) is 19.4. The third-order valence-corrected chi connectivity index (χ3v) is 6.75. The number of rotatable bonds is 4. The van der Waals surface area contributed by atoms with Gasteiger partial charge in [-0.1, -0.05) is 18.2 Å². The molecule has 2 N–H and O–H groups in total. The molecule has 0 unspecified atom stereocenters. The van der Waals surface area contributed by atoms with Crippen molar-refractivity contribution in [1.29, 1.82) is 0 Å². The number of benzene rings is 2. The molecule has 0 aliphatic carbocycles. The van der Waals surface area contributed by atoms with Crippen molar-refractivity contribution in [1.82, 2.24) is 4.31 Å². The fourth-order valence-electron chi connectivity index (χ4n) is 3.45. The number of amides is 2. The molecule has 9 heteroatoms. The summed E-state index contributed by atoms with van der Waals surface area (Å²) >= 11 is 0. The fourth-order valence-corrected chi connectivity index (χ4v) is 5.14. The average molecular weight is 399 g/mol. The lowest BCUT2D eigenvalue weighted by molar-refractivity contribution is -0.119. The smallest absolute Gasteiger partial charge is 0.296 e. The Morgan fingerprint density at radius 3 is 2.61 bits per heavy atom. The molecule has 2 aliphatic rings. The molecule has 2 aromatic rings. The number of hydrogen-bond donors (Lipinski definition) is 2. The molecule has 8 nitrogen and oxygen atoms in total. The van der Waals surface area contributed by atoms with Crippen molar-refractivity contribution in [2.45, 2.75) is 23.8 Å². The molecule has 2 aromatic carbocycles. The Morgan fingerprint density at radius 1 is 1.11 bits per heavy atom. The van der Waals surface area contributed by atoms with Crippen LogP contribution in [-0.4, -0.2) is 42.9 Å². The van der Waals surface area contributed by atoms with Crippen LogP contribution in [0.4, 0.5) is 11.4 Å². The summed E-state index contributed by atoms with van der Waals surface area (Å²) in [4.78, 5) is 35.9. The highest BCUT2D eigenvalue weighted by atomic mass is 32.2. The van der Waals surface area contributed by atoms with E-state index in [1.54, 1.807) is 24.3 Å². The number of nitrogens with zero attached hydrogens (tertiary/aromatic N) is 1. The second-order valence-corrected chi connectivity index (χ2v) is 8.51. The van der Waals surface area contributed by atoms with Crippen LogP contribution in [-0.2, 0) is 19.6 Å². The van der Waals surface area contributed by atoms with E-state index < -0.39 is 33.7 Å². The predicted molar refractivity (Wildman–Crippen MR) is 101 cm³/mol. The highest BCUT2D eigenvalue weighted by Gasteiger charge is 2.40. The van der Waals surface area contributed by atoms with Crippen LogP contribution in [0.2, 0.25) is 0 Å². The zero-order valence-corrected chi connectivity index (χ0v) is 15.5. The number of carbonyl (C=O) groups is 3. The Labute approximate surface area is 161 Å². The maximum atomic E-state index is 13.1. The van der Waals surface area contributed by atoms with Gasteiger partial charge in [-0.25, -0.2) is 8.42 Å². The molecular formula is C19H17N3O5S. The van der Waals surface area contributed by atoms with Crippen molar-refractivity contribution >= 4 is 39.0 Å². The molecule has 4 rings (SSSR count). The number of ketones is 1. The lowest BCUT2D eigenvalue weighted by Crippen LogP contribution is -2.43. The molecule has 2 aliphatic heterocycles. The molecule has 28 heavy (non-hydrogen) atoms. The first-order chi connectivity index (χ1) is 13.4. The molecule has 1 saturated heterocycles. The van der Waals surface area contributed by atoms with Gasteiger partial charge in [-0.05, 0) is 43.2 Å². The number of carbonyl (C=O) groups excluding carboxylic acids is 3. The van der Waals surface area contributed by atoms with E-state index in [2.05, 4.69) is 10.6 Å². The van der Waals surface area contributed by atoms with E-state index in [9.17, 15) is 22.8 Å². The SMILES string of the molecule is O=C1Nc2ccc(S(=O)(=O)N3CCC[C@H]3C(=O)Nc3ccccc3)cc2C1=O. The van der Waals surface area contributed by atoms with Crippen LogP contribution >= 0.6 is 0 Å². The Bertz CT molecular complexity index is 1080. The summed E-state index contributed by atoms with van der Waals surface area (Å²) in [6.07, 6.45) is 0.956. The number of fused-ring (bicyclic) bond motifs is 1. The van der Waals surface area contributed by atoms with Crippen molar-refractivity contribution in [2.75, 3.05) is 17.2 Å². The van der Waals surface area contributed by atoms with Gasteiger partial charge in [0.1, 0.15) is 6.04 Å². The molecule has 0 radical (unpaired) electrons. The summed E-state index contributed by atoms with van der Waals surface area (Å²) in [6.45, 7) is 0.206. The lowest BCUT2D eigenvalue weighted by Gasteiger charge is -2.23.